The lowest BCUT2D eigenvalue weighted by molar-refractivity contribution is -0.872. The summed E-state index contributed by atoms with van der Waals surface area (Å²) in [6, 6.07) is 0. The number of ketones is 1. The van der Waals surface area contributed by atoms with Crippen LogP contribution < -0.4 is 4.89 Å². The first-order valence-corrected chi connectivity index (χ1v) is 8.23. The van der Waals surface area contributed by atoms with Crippen molar-refractivity contribution in [3.8, 4) is 0 Å². The van der Waals surface area contributed by atoms with Gasteiger partial charge in [-0.2, -0.15) is 0 Å². The average molecular weight is 327 g/mol. The van der Waals surface area contributed by atoms with Gasteiger partial charge in [0.15, 0.2) is 11.9 Å². The molecule has 3 atom stereocenters. The first-order chi connectivity index (χ1) is 9.50. The van der Waals surface area contributed by atoms with Gasteiger partial charge < -0.3 is 28.6 Å². The van der Waals surface area contributed by atoms with Gasteiger partial charge in [0.1, 0.15) is 12.6 Å². The van der Waals surface area contributed by atoms with Crippen molar-refractivity contribution in [2.75, 3.05) is 40.9 Å². The zero-order valence-electron chi connectivity index (χ0n) is 13.0. The van der Waals surface area contributed by atoms with Gasteiger partial charge in [-0.05, 0) is 6.42 Å². The fourth-order valence-electron chi connectivity index (χ4n) is 1.52. The van der Waals surface area contributed by atoms with E-state index in [4.69, 9.17) is 14.7 Å². The molecule has 2 N–H and O–H groups in total. The molecule has 0 aromatic rings. The van der Waals surface area contributed by atoms with Crippen LogP contribution in [0.25, 0.3) is 0 Å². The molecule has 9 heteroatoms. The summed E-state index contributed by atoms with van der Waals surface area (Å²) in [4.78, 5) is 23.6. The van der Waals surface area contributed by atoms with E-state index in [2.05, 4.69) is 4.52 Å². The summed E-state index contributed by atoms with van der Waals surface area (Å²) in [6.07, 6.45) is -1.65. The Bertz CT molecular complexity index is 369. The van der Waals surface area contributed by atoms with Crippen LogP contribution in [0.3, 0.4) is 0 Å². The van der Waals surface area contributed by atoms with Gasteiger partial charge in [0.05, 0.1) is 34.4 Å². The number of quaternary nitrogens is 1. The smallest absolute Gasteiger partial charge is 0.268 e. The maximum atomic E-state index is 12.0. The van der Waals surface area contributed by atoms with Crippen molar-refractivity contribution in [1.82, 2.24) is 0 Å². The van der Waals surface area contributed by atoms with Crippen LogP contribution in [0, 0.1) is 0 Å². The van der Waals surface area contributed by atoms with E-state index in [-0.39, 0.29) is 18.7 Å². The van der Waals surface area contributed by atoms with E-state index in [9.17, 15) is 14.3 Å². The van der Waals surface area contributed by atoms with E-state index in [1.54, 1.807) is 0 Å². The molecule has 8 nitrogen and oxygen atoms in total. The number of carbonyl (C=O) groups is 1. The van der Waals surface area contributed by atoms with Crippen molar-refractivity contribution in [2.24, 2.45) is 0 Å². The fraction of sp³-hybridized carbons (Fsp3) is 0.917. The van der Waals surface area contributed by atoms with Crippen LogP contribution in [-0.4, -0.2) is 73.6 Å². The van der Waals surface area contributed by atoms with Gasteiger partial charge in [0.25, 0.3) is 7.82 Å². The number of aliphatic hydroxyl groups is 2. The summed E-state index contributed by atoms with van der Waals surface area (Å²) in [5.74, 6) is -0.312. The van der Waals surface area contributed by atoms with Crippen molar-refractivity contribution in [2.45, 2.75) is 32.0 Å². The normalized spacial score (nSPS) is 18.0. The first-order valence-electron chi connectivity index (χ1n) is 6.77. The van der Waals surface area contributed by atoms with E-state index in [1.807, 2.05) is 28.1 Å². The Morgan fingerprint density at radius 3 is 2.38 bits per heavy atom. The highest BCUT2D eigenvalue weighted by Crippen LogP contribution is 2.40. The van der Waals surface area contributed by atoms with E-state index < -0.39 is 33.2 Å². The van der Waals surface area contributed by atoms with Crippen LogP contribution in [0.15, 0.2) is 0 Å². The Hall–Kier alpha value is -0.340. The van der Waals surface area contributed by atoms with Gasteiger partial charge in [-0.1, -0.05) is 6.92 Å². The molecule has 0 saturated carbocycles. The highest BCUT2D eigenvalue weighted by Gasteiger charge is 2.30. The topological polar surface area (TPSA) is 116 Å². The molecule has 0 aliphatic rings. The zero-order valence-corrected chi connectivity index (χ0v) is 13.9. The molecule has 0 saturated heterocycles. The number of nitrogens with zero attached hydrogens (tertiary/aromatic N) is 1. The highest BCUT2D eigenvalue weighted by molar-refractivity contribution is 7.45. The monoisotopic (exact) mass is 327 g/mol. The Labute approximate surface area is 125 Å². The summed E-state index contributed by atoms with van der Waals surface area (Å²) in [5.41, 5.74) is 0. The molecule has 0 fully saturated rings. The van der Waals surface area contributed by atoms with Crippen LogP contribution in [0.2, 0.25) is 0 Å². The lowest BCUT2D eigenvalue weighted by Crippen LogP contribution is -2.45. The highest BCUT2D eigenvalue weighted by atomic mass is 31.2. The fourth-order valence-corrected chi connectivity index (χ4v) is 2.43. The van der Waals surface area contributed by atoms with Gasteiger partial charge in [0.2, 0.25) is 0 Å². The average Bonchev–Trinajstić information content (AvgIpc) is 2.33. The van der Waals surface area contributed by atoms with Crippen LogP contribution in [-0.2, 0) is 18.4 Å². The van der Waals surface area contributed by atoms with E-state index >= 15 is 0 Å². The third kappa shape index (κ3) is 10.1. The lowest BCUT2D eigenvalue weighted by atomic mass is 10.1. The summed E-state index contributed by atoms with van der Waals surface area (Å²) in [6.45, 7) is 0.746. The molecule has 0 aliphatic heterocycles. The number of Topliss-reactive ketones (excluding diaryl/α,β-unsaturated/α-hetero) is 1. The first kappa shape index (κ1) is 20.7. The largest absolute Gasteiger partial charge is 0.756 e. The van der Waals surface area contributed by atoms with E-state index in [0.717, 1.165) is 0 Å². The van der Waals surface area contributed by atoms with Crippen LogP contribution in [0.4, 0.5) is 0 Å². The van der Waals surface area contributed by atoms with Gasteiger partial charge in [0, 0.05) is 6.42 Å². The minimum absolute atomic E-state index is 0.178. The molecule has 0 bridgehead atoms. The summed E-state index contributed by atoms with van der Waals surface area (Å²) < 4.78 is 21.3. The minimum Gasteiger partial charge on any atom is -0.756 e. The summed E-state index contributed by atoms with van der Waals surface area (Å²) in [5, 5.41) is 17.7. The van der Waals surface area contributed by atoms with Crippen molar-refractivity contribution < 1.29 is 38.0 Å². The summed E-state index contributed by atoms with van der Waals surface area (Å²) in [7, 11) is 0.690. The summed E-state index contributed by atoms with van der Waals surface area (Å²) >= 11 is 0. The molecule has 0 radical (unpaired) electrons. The predicted molar refractivity (Wildman–Crippen MR) is 74.3 cm³/mol. The van der Waals surface area contributed by atoms with Crippen molar-refractivity contribution in [1.29, 1.82) is 0 Å². The number of phosphoric acid groups is 1. The molecular formula is C12H26NO7P. The van der Waals surface area contributed by atoms with Gasteiger partial charge in [-0.3, -0.25) is 9.36 Å². The standard InChI is InChI=1S/C12H26NO7P/c1-5-6-11(16)12(7-13(2,3)4)20-21(17,18)19-9-10(15)8-14/h10,12,14-15H,5-9H2,1-4H3/t10-,12?/m1/s1. The second-order valence-corrected chi connectivity index (χ2v) is 7.23. The molecule has 0 heterocycles. The molecular weight excluding hydrogens is 301 g/mol. The third-order valence-corrected chi connectivity index (χ3v) is 3.44. The number of carbonyl (C=O) groups excluding carboxylic acids is 1. The molecule has 0 rings (SSSR count). The van der Waals surface area contributed by atoms with Crippen molar-refractivity contribution >= 4 is 13.6 Å². The maximum absolute atomic E-state index is 12.0. The van der Waals surface area contributed by atoms with Gasteiger partial charge >= 0.3 is 0 Å². The molecule has 0 aliphatic carbocycles. The quantitative estimate of drug-likeness (QED) is 0.380. The lowest BCUT2D eigenvalue weighted by Gasteiger charge is -2.32. The third-order valence-electron chi connectivity index (χ3n) is 2.46. The Balaban J connectivity index is 4.77. The van der Waals surface area contributed by atoms with Crippen LogP contribution in [0.1, 0.15) is 19.8 Å². The van der Waals surface area contributed by atoms with Gasteiger partial charge in [-0.15, -0.1) is 0 Å². The Kier molecular flexibility index (Phi) is 8.80. The van der Waals surface area contributed by atoms with Crippen molar-refractivity contribution in [3.05, 3.63) is 0 Å². The minimum atomic E-state index is -4.73. The van der Waals surface area contributed by atoms with Crippen molar-refractivity contribution in [3.63, 3.8) is 0 Å². The predicted octanol–water partition coefficient (Wildman–Crippen LogP) is -0.715. The van der Waals surface area contributed by atoms with Crippen LogP contribution in [0.5, 0.6) is 0 Å². The Morgan fingerprint density at radius 1 is 1.38 bits per heavy atom. The molecule has 0 aromatic heterocycles. The number of aliphatic hydroxyl groups excluding tert-OH is 2. The SMILES string of the molecule is CCCC(=O)C(C[N+](C)(C)C)OP(=O)([O-])OC[C@H](O)CO. The maximum Gasteiger partial charge on any atom is 0.268 e. The number of phosphoric ester groups is 1. The molecule has 0 aromatic carbocycles. The van der Waals surface area contributed by atoms with E-state index in [1.165, 1.54) is 0 Å². The number of hydrogen-bond acceptors (Lipinski definition) is 7. The van der Waals surface area contributed by atoms with Gasteiger partial charge in [-0.25, -0.2) is 0 Å². The Morgan fingerprint density at radius 2 is 1.95 bits per heavy atom. The molecule has 0 amide bonds. The zero-order chi connectivity index (χ0) is 16.7. The molecule has 21 heavy (non-hydrogen) atoms. The molecule has 0 spiro atoms. The van der Waals surface area contributed by atoms with E-state index in [0.29, 0.717) is 10.9 Å². The van der Waals surface area contributed by atoms with Crippen LogP contribution >= 0.6 is 7.82 Å². The second-order valence-electron chi connectivity index (χ2n) is 5.86. The molecule has 2 unspecified atom stereocenters. The molecule has 126 valence electrons. The number of likely N-dealkylation sites (N-methyl/N-ethyl adjacent to an activating group) is 1. The number of hydrogen-bond donors (Lipinski definition) is 2. The number of rotatable bonds is 11. The second kappa shape index (κ2) is 8.95.